The van der Waals surface area contributed by atoms with Crippen molar-refractivity contribution < 1.29 is 13.2 Å². The van der Waals surface area contributed by atoms with E-state index in [0.29, 0.717) is 0 Å². The highest BCUT2D eigenvalue weighted by Gasteiger charge is 2.41. The highest BCUT2D eigenvalue weighted by Crippen LogP contribution is 2.30. The van der Waals surface area contributed by atoms with E-state index in [-0.39, 0.29) is 10.9 Å². The summed E-state index contributed by atoms with van der Waals surface area (Å²) in [6.45, 7) is 0. The van der Waals surface area contributed by atoms with Gasteiger partial charge in [0.15, 0.2) is 5.16 Å². The van der Waals surface area contributed by atoms with Gasteiger partial charge in [-0.3, -0.25) is 10.5 Å². The molecule has 0 aliphatic rings. The molecule has 1 aromatic heterocycles. The molecule has 1 aromatic rings. The van der Waals surface area contributed by atoms with Crippen LogP contribution in [0.2, 0.25) is 0 Å². The van der Waals surface area contributed by atoms with Gasteiger partial charge in [-0.25, -0.2) is 4.98 Å². The van der Waals surface area contributed by atoms with Gasteiger partial charge in [0.1, 0.15) is 18.1 Å². The molecule has 0 radical (unpaired) electrons. The second-order valence-corrected chi connectivity index (χ2v) is 3.66. The predicted octanol–water partition coefficient (Wildman–Crippen LogP) is 1.01. The number of thioether (sulfide) groups is 1. The van der Waals surface area contributed by atoms with E-state index in [1.807, 2.05) is 0 Å². The maximum Gasteiger partial charge on any atom is 0.399 e. The predicted molar refractivity (Wildman–Crippen MR) is 48.6 cm³/mol. The van der Waals surface area contributed by atoms with Gasteiger partial charge in [0.2, 0.25) is 0 Å². The topological polar surface area (TPSA) is 91.4 Å². The summed E-state index contributed by atoms with van der Waals surface area (Å²) in [6.07, 6.45) is -3.31. The van der Waals surface area contributed by atoms with Crippen LogP contribution in [0.3, 0.4) is 0 Å². The first-order chi connectivity index (χ1) is 6.91. The van der Waals surface area contributed by atoms with Crippen LogP contribution in [0.4, 0.5) is 13.2 Å². The first-order valence-corrected chi connectivity index (χ1v) is 4.78. The molecule has 0 aromatic carbocycles. The summed E-state index contributed by atoms with van der Waals surface area (Å²) in [7, 11) is 0. The van der Waals surface area contributed by atoms with Crippen molar-refractivity contribution in [3.63, 3.8) is 0 Å². The van der Waals surface area contributed by atoms with Gasteiger partial charge in [0.25, 0.3) is 0 Å². The molecule has 0 saturated heterocycles. The van der Waals surface area contributed by atoms with Gasteiger partial charge in [-0.2, -0.15) is 18.3 Å². The lowest BCUT2D eigenvalue weighted by atomic mass is 10.1. The molecule has 1 atom stereocenters. The molecule has 1 heterocycles. The largest absolute Gasteiger partial charge is 0.399 e. The summed E-state index contributed by atoms with van der Waals surface area (Å²) in [5, 5.41) is 13.0. The minimum Gasteiger partial charge on any atom is -0.387 e. The van der Waals surface area contributed by atoms with Crippen molar-refractivity contribution in [2.24, 2.45) is 11.7 Å². The van der Waals surface area contributed by atoms with Crippen molar-refractivity contribution >= 4 is 17.6 Å². The number of aromatic nitrogens is 3. The van der Waals surface area contributed by atoms with Crippen LogP contribution in [0, 0.1) is 11.3 Å². The van der Waals surface area contributed by atoms with E-state index in [2.05, 4.69) is 15.2 Å². The molecule has 5 nitrogen and oxygen atoms in total. The number of hydrogen-bond donors (Lipinski definition) is 3. The number of hydrogen-bond acceptors (Lipinski definition) is 4. The van der Waals surface area contributed by atoms with Gasteiger partial charge in [0, 0.05) is 5.75 Å². The smallest absolute Gasteiger partial charge is 0.387 e. The molecule has 0 spiro atoms. The summed E-state index contributed by atoms with van der Waals surface area (Å²) in [5.41, 5.74) is 4.87. The Morgan fingerprint density at radius 3 is 2.73 bits per heavy atom. The Kier molecular flexibility index (Phi) is 3.56. The van der Waals surface area contributed by atoms with E-state index in [1.54, 1.807) is 0 Å². The normalized spacial score (nSPS) is 13.8. The molecular weight excluding hydrogens is 231 g/mol. The molecule has 84 valence electrons. The molecule has 15 heavy (non-hydrogen) atoms. The minimum atomic E-state index is -4.50. The number of halogens is 3. The first kappa shape index (κ1) is 11.8. The quantitative estimate of drug-likeness (QED) is 0.415. The monoisotopic (exact) mass is 239 g/mol. The van der Waals surface area contributed by atoms with Crippen LogP contribution in [0.25, 0.3) is 0 Å². The van der Waals surface area contributed by atoms with E-state index < -0.39 is 17.9 Å². The Morgan fingerprint density at radius 2 is 2.33 bits per heavy atom. The Hall–Kier alpha value is -1.25. The lowest BCUT2D eigenvalue weighted by Crippen LogP contribution is -2.37. The number of nitrogens with zero attached hydrogens (tertiary/aromatic N) is 2. The molecule has 0 bridgehead atoms. The Balaban J connectivity index is 2.57. The molecule has 0 saturated carbocycles. The number of nitrogens with one attached hydrogen (secondary N) is 2. The average Bonchev–Trinajstić information content (AvgIpc) is 2.53. The van der Waals surface area contributed by atoms with Gasteiger partial charge >= 0.3 is 6.18 Å². The Morgan fingerprint density at radius 1 is 1.67 bits per heavy atom. The molecular formula is C6H8F3N5S. The summed E-state index contributed by atoms with van der Waals surface area (Å²) >= 11 is 0.820. The number of amidine groups is 1. The molecule has 4 N–H and O–H groups in total. The van der Waals surface area contributed by atoms with E-state index in [4.69, 9.17) is 11.1 Å². The van der Waals surface area contributed by atoms with Crippen LogP contribution in [0.15, 0.2) is 11.5 Å². The van der Waals surface area contributed by atoms with Gasteiger partial charge in [-0.1, -0.05) is 11.8 Å². The van der Waals surface area contributed by atoms with E-state index in [1.165, 1.54) is 6.33 Å². The van der Waals surface area contributed by atoms with Crippen molar-refractivity contribution in [3.8, 4) is 0 Å². The summed E-state index contributed by atoms with van der Waals surface area (Å²) in [4.78, 5) is 3.65. The summed E-state index contributed by atoms with van der Waals surface area (Å²) in [6, 6.07) is 0. The fourth-order valence-electron chi connectivity index (χ4n) is 0.787. The van der Waals surface area contributed by atoms with Gasteiger partial charge in [-0.15, -0.1) is 0 Å². The molecule has 0 fully saturated rings. The SMILES string of the molecule is N=C(N)C(CSc1ncn[nH]1)C(F)(F)F. The lowest BCUT2D eigenvalue weighted by molar-refractivity contribution is -0.150. The van der Waals surface area contributed by atoms with E-state index in [0.717, 1.165) is 11.8 Å². The standard InChI is InChI=1S/C6H8F3N5S/c7-6(8,9)3(4(10)11)1-15-5-12-2-13-14-5/h2-3H,1H2,(H3,10,11)(H,12,13,14). The van der Waals surface area contributed by atoms with Crippen LogP contribution >= 0.6 is 11.8 Å². The molecule has 1 unspecified atom stereocenters. The summed E-state index contributed by atoms with van der Waals surface area (Å²) in [5.74, 6) is -3.23. The van der Waals surface area contributed by atoms with Crippen LogP contribution in [-0.2, 0) is 0 Å². The fraction of sp³-hybridized carbons (Fsp3) is 0.500. The van der Waals surface area contributed by atoms with Crippen molar-refractivity contribution in [3.05, 3.63) is 6.33 Å². The van der Waals surface area contributed by atoms with Crippen molar-refractivity contribution in [2.75, 3.05) is 5.75 Å². The third-order valence-electron chi connectivity index (χ3n) is 1.55. The Labute approximate surface area is 87.2 Å². The van der Waals surface area contributed by atoms with Crippen LogP contribution in [-0.4, -0.2) is 32.9 Å². The maximum absolute atomic E-state index is 12.3. The zero-order chi connectivity index (χ0) is 11.5. The fourth-order valence-corrected chi connectivity index (χ4v) is 1.72. The lowest BCUT2D eigenvalue weighted by Gasteiger charge is -2.17. The summed E-state index contributed by atoms with van der Waals surface area (Å²) < 4.78 is 37.0. The van der Waals surface area contributed by atoms with Gasteiger partial charge in [0.05, 0.1) is 0 Å². The third kappa shape index (κ3) is 3.42. The highest BCUT2D eigenvalue weighted by atomic mass is 32.2. The molecule has 0 aliphatic heterocycles. The third-order valence-corrected chi connectivity index (χ3v) is 2.52. The van der Waals surface area contributed by atoms with Gasteiger partial charge < -0.3 is 5.73 Å². The molecule has 0 amide bonds. The van der Waals surface area contributed by atoms with Crippen molar-refractivity contribution in [2.45, 2.75) is 11.3 Å². The van der Waals surface area contributed by atoms with Crippen LogP contribution < -0.4 is 5.73 Å². The van der Waals surface area contributed by atoms with Crippen LogP contribution in [0.5, 0.6) is 0 Å². The van der Waals surface area contributed by atoms with E-state index in [9.17, 15) is 13.2 Å². The average molecular weight is 239 g/mol. The van der Waals surface area contributed by atoms with Gasteiger partial charge in [-0.05, 0) is 0 Å². The zero-order valence-electron chi connectivity index (χ0n) is 7.38. The molecule has 1 rings (SSSR count). The molecule has 9 heteroatoms. The van der Waals surface area contributed by atoms with Crippen molar-refractivity contribution in [1.82, 2.24) is 15.2 Å². The van der Waals surface area contributed by atoms with Crippen LogP contribution in [0.1, 0.15) is 0 Å². The maximum atomic E-state index is 12.3. The number of alkyl halides is 3. The number of aromatic amines is 1. The zero-order valence-corrected chi connectivity index (χ0v) is 8.19. The molecule has 0 aliphatic carbocycles. The number of H-pyrrole nitrogens is 1. The Bertz CT molecular complexity index is 322. The number of rotatable bonds is 4. The van der Waals surface area contributed by atoms with E-state index >= 15 is 0 Å². The number of nitrogens with two attached hydrogens (primary N) is 1. The second-order valence-electron chi connectivity index (χ2n) is 2.65. The van der Waals surface area contributed by atoms with Crippen molar-refractivity contribution in [1.29, 1.82) is 5.41 Å². The minimum absolute atomic E-state index is 0.269. The highest BCUT2D eigenvalue weighted by molar-refractivity contribution is 7.99. The first-order valence-electron chi connectivity index (χ1n) is 3.80. The second kappa shape index (κ2) is 4.51.